The Balaban J connectivity index is 1.97. The standard InChI is InChI=1S/C19H16FNO4/c1-10-12-7-8-16(22)11(2)18(12)25-19(24)13(10)9-17(23)21-15-6-4-3-5-14(15)20/h3-8,22H,9H2,1-2H3,(H,21,23). The van der Waals surface area contributed by atoms with Gasteiger partial charge in [0.05, 0.1) is 17.7 Å². The summed E-state index contributed by atoms with van der Waals surface area (Å²) >= 11 is 0. The SMILES string of the molecule is Cc1c(CC(=O)Nc2ccccc2F)c(=O)oc2c(C)c(O)ccc12. The Morgan fingerprint density at radius 1 is 1.16 bits per heavy atom. The summed E-state index contributed by atoms with van der Waals surface area (Å²) in [6.07, 6.45) is -0.238. The van der Waals surface area contributed by atoms with Crippen molar-refractivity contribution in [1.82, 2.24) is 0 Å². The van der Waals surface area contributed by atoms with E-state index >= 15 is 0 Å². The molecule has 0 atom stereocenters. The molecule has 0 aliphatic heterocycles. The van der Waals surface area contributed by atoms with Gasteiger partial charge in [0, 0.05) is 10.9 Å². The van der Waals surface area contributed by atoms with E-state index in [1.165, 1.54) is 24.3 Å². The Hall–Kier alpha value is -3.15. The maximum absolute atomic E-state index is 13.6. The molecule has 1 aromatic heterocycles. The summed E-state index contributed by atoms with van der Waals surface area (Å²) in [6, 6.07) is 8.94. The van der Waals surface area contributed by atoms with Crippen molar-refractivity contribution in [3.05, 3.63) is 69.3 Å². The normalized spacial score (nSPS) is 10.8. The van der Waals surface area contributed by atoms with Gasteiger partial charge in [-0.3, -0.25) is 4.79 Å². The van der Waals surface area contributed by atoms with Crippen molar-refractivity contribution in [2.45, 2.75) is 20.3 Å². The summed E-state index contributed by atoms with van der Waals surface area (Å²) < 4.78 is 18.9. The van der Waals surface area contributed by atoms with Gasteiger partial charge in [0.2, 0.25) is 5.91 Å². The van der Waals surface area contributed by atoms with Gasteiger partial charge in [-0.15, -0.1) is 0 Å². The van der Waals surface area contributed by atoms with Crippen LogP contribution in [0.3, 0.4) is 0 Å². The molecule has 0 saturated carbocycles. The third kappa shape index (κ3) is 3.10. The van der Waals surface area contributed by atoms with Gasteiger partial charge in [0.25, 0.3) is 0 Å². The zero-order valence-electron chi connectivity index (χ0n) is 13.7. The van der Waals surface area contributed by atoms with Crippen molar-refractivity contribution < 1.29 is 18.7 Å². The molecule has 128 valence electrons. The smallest absolute Gasteiger partial charge is 0.340 e. The largest absolute Gasteiger partial charge is 0.508 e. The lowest BCUT2D eigenvalue weighted by Gasteiger charge is -2.10. The molecule has 2 aromatic carbocycles. The number of phenols is 1. The molecule has 6 heteroatoms. The zero-order valence-corrected chi connectivity index (χ0v) is 13.7. The Bertz CT molecular complexity index is 1040. The molecule has 0 unspecified atom stereocenters. The Labute approximate surface area is 142 Å². The van der Waals surface area contributed by atoms with E-state index in [4.69, 9.17) is 4.42 Å². The first-order chi connectivity index (χ1) is 11.9. The van der Waals surface area contributed by atoms with Gasteiger partial charge in [0.15, 0.2) is 0 Å². The first-order valence-electron chi connectivity index (χ1n) is 7.67. The molecule has 25 heavy (non-hydrogen) atoms. The summed E-state index contributed by atoms with van der Waals surface area (Å²) in [5, 5.41) is 12.8. The maximum Gasteiger partial charge on any atom is 0.340 e. The molecule has 1 amide bonds. The molecule has 0 spiro atoms. The molecule has 2 N–H and O–H groups in total. The second-order valence-corrected chi connectivity index (χ2v) is 5.78. The molecule has 0 aliphatic carbocycles. The molecule has 1 heterocycles. The lowest BCUT2D eigenvalue weighted by atomic mass is 10.0. The molecule has 5 nitrogen and oxygen atoms in total. The fraction of sp³-hybridized carbons (Fsp3) is 0.158. The van der Waals surface area contributed by atoms with Gasteiger partial charge in [-0.05, 0) is 43.7 Å². The van der Waals surface area contributed by atoms with Crippen molar-refractivity contribution in [3.8, 4) is 5.75 Å². The molecule has 3 rings (SSSR count). The van der Waals surface area contributed by atoms with Crippen molar-refractivity contribution in [1.29, 1.82) is 0 Å². The van der Waals surface area contributed by atoms with Crippen LogP contribution in [0.4, 0.5) is 10.1 Å². The quantitative estimate of drug-likeness (QED) is 0.715. The van der Waals surface area contributed by atoms with E-state index in [1.807, 2.05) is 0 Å². The number of hydrogen-bond donors (Lipinski definition) is 2. The molecule has 0 bridgehead atoms. The number of carbonyl (C=O) groups excluding carboxylic acids is 1. The first kappa shape index (κ1) is 16.7. The number of aryl methyl sites for hydroxylation is 2. The number of fused-ring (bicyclic) bond motifs is 1. The van der Waals surface area contributed by atoms with E-state index in [2.05, 4.69) is 5.32 Å². The monoisotopic (exact) mass is 341 g/mol. The highest BCUT2D eigenvalue weighted by Crippen LogP contribution is 2.28. The molecule has 0 radical (unpaired) electrons. The molecular weight excluding hydrogens is 325 g/mol. The number of anilines is 1. The summed E-state index contributed by atoms with van der Waals surface area (Å²) in [5.74, 6) is -1.04. The number of amides is 1. The minimum absolute atomic E-state index is 0.0279. The topological polar surface area (TPSA) is 79.5 Å². The van der Waals surface area contributed by atoms with Crippen LogP contribution in [0, 0.1) is 19.7 Å². The first-order valence-corrected chi connectivity index (χ1v) is 7.67. The van der Waals surface area contributed by atoms with Gasteiger partial charge in [-0.1, -0.05) is 12.1 Å². The number of para-hydroxylation sites is 1. The average molecular weight is 341 g/mol. The number of aromatic hydroxyl groups is 1. The van der Waals surface area contributed by atoms with Crippen LogP contribution in [0.1, 0.15) is 16.7 Å². The van der Waals surface area contributed by atoms with E-state index in [1.54, 1.807) is 26.0 Å². The second kappa shape index (κ2) is 6.39. The van der Waals surface area contributed by atoms with E-state index < -0.39 is 17.3 Å². The predicted octanol–water partition coefficient (Wildman–Crippen LogP) is 3.44. The van der Waals surface area contributed by atoms with Crippen LogP contribution in [0.2, 0.25) is 0 Å². The molecule has 3 aromatic rings. The highest BCUT2D eigenvalue weighted by Gasteiger charge is 2.17. The number of halogens is 1. The van der Waals surface area contributed by atoms with E-state index in [-0.39, 0.29) is 23.4 Å². The van der Waals surface area contributed by atoms with Crippen molar-refractivity contribution in [2.24, 2.45) is 0 Å². The lowest BCUT2D eigenvalue weighted by molar-refractivity contribution is -0.115. The van der Waals surface area contributed by atoms with Gasteiger partial charge < -0.3 is 14.8 Å². The predicted molar refractivity (Wildman–Crippen MR) is 92.4 cm³/mol. The second-order valence-electron chi connectivity index (χ2n) is 5.78. The molecule has 0 aliphatic rings. The number of benzene rings is 2. The van der Waals surface area contributed by atoms with Gasteiger partial charge >= 0.3 is 5.63 Å². The number of carbonyl (C=O) groups is 1. The van der Waals surface area contributed by atoms with Crippen LogP contribution in [0.5, 0.6) is 5.75 Å². The van der Waals surface area contributed by atoms with Gasteiger partial charge in [0.1, 0.15) is 17.1 Å². The van der Waals surface area contributed by atoms with Gasteiger partial charge in [-0.25, -0.2) is 9.18 Å². The van der Waals surface area contributed by atoms with Gasteiger partial charge in [-0.2, -0.15) is 0 Å². The van der Waals surface area contributed by atoms with E-state index in [0.717, 1.165) is 0 Å². The third-order valence-electron chi connectivity index (χ3n) is 4.16. The van der Waals surface area contributed by atoms with Crippen LogP contribution in [0.25, 0.3) is 11.0 Å². The fourth-order valence-corrected chi connectivity index (χ4v) is 2.70. The highest BCUT2D eigenvalue weighted by molar-refractivity contribution is 5.93. The van der Waals surface area contributed by atoms with Crippen LogP contribution in [-0.2, 0) is 11.2 Å². The molecule has 0 fully saturated rings. The number of hydrogen-bond acceptors (Lipinski definition) is 4. The van der Waals surface area contributed by atoms with Crippen LogP contribution in [0.15, 0.2) is 45.6 Å². The summed E-state index contributed by atoms with van der Waals surface area (Å²) in [5.41, 5.74) is 0.948. The fourth-order valence-electron chi connectivity index (χ4n) is 2.70. The van der Waals surface area contributed by atoms with Crippen molar-refractivity contribution in [3.63, 3.8) is 0 Å². The van der Waals surface area contributed by atoms with E-state index in [9.17, 15) is 19.1 Å². The highest BCUT2D eigenvalue weighted by atomic mass is 19.1. The van der Waals surface area contributed by atoms with Crippen LogP contribution < -0.4 is 10.9 Å². The minimum Gasteiger partial charge on any atom is -0.508 e. The zero-order chi connectivity index (χ0) is 18.1. The Morgan fingerprint density at radius 2 is 1.88 bits per heavy atom. The maximum atomic E-state index is 13.6. The summed E-state index contributed by atoms with van der Waals surface area (Å²) in [4.78, 5) is 24.5. The lowest BCUT2D eigenvalue weighted by Crippen LogP contribution is -2.21. The number of nitrogens with one attached hydrogen (secondary N) is 1. The van der Waals surface area contributed by atoms with Crippen LogP contribution >= 0.6 is 0 Å². The summed E-state index contributed by atoms with van der Waals surface area (Å²) in [6.45, 7) is 3.35. The number of rotatable bonds is 3. The average Bonchev–Trinajstić information content (AvgIpc) is 2.57. The van der Waals surface area contributed by atoms with Crippen LogP contribution in [-0.4, -0.2) is 11.0 Å². The molecular formula is C19H16FNO4. The minimum atomic E-state index is -0.651. The third-order valence-corrected chi connectivity index (χ3v) is 4.16. The molecule has 0 saturated heterocycles. The number of phenolic OH excluding ortho intramolecular Hbond substituents is 1. The van der Waals surface area contributed by atoms with Crippen molar-refractivity contribution in [2.75, 3.05) is 5.32 Å². The Morgan fingerprint density at radius 3 is 2.60 bits per heavy atom. The Kier molecular flexibility index (Phi) is 4.27. The van der Waals surface area contributed by atoms with Crippen molar-refractivity contribution >= 4 is 22.6 Å². The summed E-state index contributed by atoms with van der Waals surface area (Å²) in [7, 11) is 0. The van der Waals surface area contributed by atoms with E-state index in [0.29, 0.717) is 22.1 Å².